The van der Waals surface area contributed by atoms with Crippen molar-refractivity contribution in [2.75, 3.05) is 21.2 Å². The van der Waals surface area contributed by atoms with Gasteiger partial charge in [0.25, 0.3) is 0 Å². The van der Waals surface area contributed by atoms with Gasteiger partial charge in [-0.2, -0.15) is 0 Å². The summed E-state index contributed by atoms with van der Waals surface area (Å²) in [6, 6.07) is -0.298. The number of cyclic esters (lactones) is 1. The largest absolute Gasteiger partial charge is 0.461 e. The first-order valence-corrected chi connectivity index (χ1v) is 19.0. The third kappa shape index (κ3) is 9.85. The van der Waals surface area contributed by atoms with Crippen molar-refractivity contribution >= 4 is 11.7 Å². The van der Waals surface area contributed by atoms with Gasteiger partial charge in [0.05, 0.1) is 53.4 Å². The SMILES string of the molecule is CO[C@]1(C)C[C@H](O[C@H]2[C@H](C)[C@@H](O[C@@H]3O[C@H](C)C[C@H](N(C)C)[C@H]3O)[C@](C)(O)C[C@@H](C)/C(=N\O)[C@H](C)[C@@H](O)[C@@H](C)[C@@H](C(C)C)OC(=O)[C@@H]2C)O[C@@H](C)[C@@H]1O. The summed E-state index contributed by atoms with van der Waals surface area (Å²) in [5.41, 5.74) is -2.44. The first kappa shape index (κ1) is 44.9. The van der Waals surface area contributed by atoms with Crippen LogP contribution in [-0.4, -0.2) is 142 Å². The highest BCUT2D eigenvalue weighted by molar-refractivity contribution is 5.88. The molecule has 5 N–H and O–H groups in total. The van der Waals surface area contributed by atoms with Gasteiger partial charge in [-0.15, -0.1) is 0 Å². The molecule has 0 aromatic heterocycles. The molecule has 3 aliphatic rings. The first-order chi connectivity index (χ1) is 24.0. The highest BCUT2D eigenvalue weighted by Gasteiger charge is 2.52. The predicted molar refractivity (Wildman–Crippen MR) is 194 cm³/mol. The Bertz CT molecular complexity index is 1190. The highest BCUT2D eigenvalue weighted by atomic mass is 16.7. The van der Waals surface area contributed by atoms with E-state index >= 15 is 0 Å². The number of hydrogen-bond acceptors (Lipinski definition) is 14. The third-order valence-corrected chi connectivity index (χ3v) is 12.1. The molecule has 0 spiro atoms. The lowest BCUT2D eigenvalue weighted by molar-refractivity contribution is -0.317. The molecular formula is C38H70N2O12. The van der Waals surface area contributed by atoms with Crippen LogP contribution in [0, 0.1) is 35.5 Å². The van der Waals surface area contributed by atoms with Crippen molar-refractivity contribution in [3.05, 3.63) is 0 Å². The van der Waals surface area contributed by atoms with E-state index in [1.165, 1.54) is 7.11 Å². The number of aliphatic hydroxyl groups excluding tert-OH is 3. The Balaban J connectivity index is 2.20. The zero-order valence-electron chi connectivity index (χ0n) is 33.9. The number of carbonyl (C=O) groups excluding carboxylic acids is 1. The van der Waals surface area contributed by atoms with Crippen molar-refractivity contribution < 1.29 is 58.8 Å². The first-order valence-electron chi connectivity index (χ1n) is 19.0. The number of esters is 1. The number of hydrogen-bond donors (Lipinski definition) is 5. The van der Waals surface area contributed by atoms with Gasteiger partial charge in [0.15, 0.2) is 12.6 Å². The zero-order valence-corrected chi connectivity index (χ0v) is 33.9. The van der Waals surface area contributed by atoms with Crippen molar-refractivity contribution in [1.82, 2.24) is 4.90 Å². The van der Waals surface area contributed by atoms with Crippen LogP contribution < -0.4 is 0 Å². The Morgan fingerprint density at radius 3 is 2.06 bits per heavy atom. The average molecular weight is 747 g/mol. The van der Waals surface area contributed by atoms with E-state index in [0.29, 0.717) is 6.42 Å². The second-order valence-corrected chi connectivity index (χ2v) is 17.1. The highest BCUT2D eigenvalue weighted by Crippen LogP contribution is 2.40. The van der Waals surface area contributed by atoms with Crippen LogP contribution >= 0.6 is 0 Å². The smallest absolute Gasteiger partial charge is 0.311 e. The molecular weight excluding hydrogens is 676 g/mol. The van der Waals surface area contributed by atoms with Crippen LogP contribution in [0.1, 0.15) is 95.4 Å². The summed E-state index contributed by atoms with van der Waals surface area (Å²) in [5.74, 6) is -4.23. The minimum atomic E-state index is -1.70. The van der Waals surface area contributed by atoms with Crippen LogP contribution in [0.2, 0.25) is 0 Å². The zero-order chi connectivity index (χ0) is 39.6. The van der Waals surface area contributed by atoms with Crippen molar-refractivity contribution in [3.63, 3.8) is 0 Å². The molecule has 3 saturated heterocycles. The normalized spacial score (nSPS) is 48.5. The number of rotatable bonds is 7. The summed E-state index contributed by atoms with van der Waals surface area (Å²) in [6.45, 7) is 19.7. The molecule has 0 aliphatic carbocycles. The predicted octanol–water partition coefficient (Wildman–Crippen LogP) is 3.18. The van der Waals surface area contributed by atoms with Gasteiger partial charge in [0, 0.05) is 43.2 Å². The van der Waals surface area contributed by atoms with Gasteiger partial charge in [-0.05, 0) is 67.5 Å². The molecule has 14 heteroatoms. The lowest BCUT2D eigenvalue weighted by atomic mass is 9.74. The van der Waals surface area contributed by atoms with E-state index in [4.69, 9.17) is 28.4 Å². The Hall–Kier alpha value is -1.46. The fourth-order valence-corrected chi connectivity index (χ4v) is 8.80. The summed E-state index contributed by atoms with van der Waals surface area (Å²) < 4.78 is 37.7. The lowest BCUT2D eigenvalue weighted by Crippen LogP contribution is -2.60. The molecule has 3 fully saturated rings. The molecule has 0 aromatic rings. The Morgan fingerprint density at radius 2 is 1.52 bits per heavy atom. The Morgan fingerprint density at radius 1 is 0.904 bits per heavy atom. The molecule has 3 aliphatic heterocycles. The van der Waals surface area contributed by atoms with Gasteiger partial charge in [0.2, 0.25) is 0 Å². The van der Waals surface area contributed by atoms with Gasteiger partial charge in [-0.1, -0.05) is 46.7 Å². The summed E-state index contributed by atoms with van der Waals surface area (Å²) in [7, 11) is 5.25. The van der Waals surface area contributed by atoms with Crippen molar-refractivity contribution in [3.8, 4) is 0 Å². The second-order valence-electron chi connectivity index (χ2n) is 17.1. The van der Waals surface area contributed by atoms with E-state index in [1.807, 2.05) is 46.7 Å². The average Bonchev–Trinajstić information content (AvgIpc) is 3.06. The minimum absolute atomic E-state index is 0.0202. The molecule has 0 amide bonds. The molecule has 0 unspecified atom stereocenters. The molecule has 18 atom stereocenters. The van der Waals surface area contributed by atoms with Gasteiger partial charge >= 0.3 is 5.97 Å². The lowest BCUT2D eigenvalue weighted by Gasteiger charge is -2.49. The van der Waals surface area contributed by atoms with Crippen LogP contribution in [0.3, 0.4) is 0 Å². The third-order valence-electron chi connectivity index (χ3n) is 12.1. The number of likely N-dealkylation sites (N-methyl/N-ethyl adjacent to an activating group) is 1. The number of nitrogens with zero attached hydrogens (tertiary/aromatic N) is 2. The number of methoxy groups -OCH3 is 1. The molecule has 0 aromatic carbocycles. The number of ether oxygens (including phenoxy) is 6. The van der Waals surface area contributed by atoms with Gasteiger partial charge in [-0.25, -0.2) is 0 Å². The van der Waals surface area contributed by atoms with E-state index in [0.717, 1.165) is 0 Å². The fraction of sp³-hybridized carbons (Fsp3) is 0.947. The topological polar surface area (TPSA) is 189 Å². The van der Waals surface area contributed by atoms with Crippen LogP contribution in [0.5, 0.6) is 0 Å². The van der Waals surface area contributed by atoms with Crippen molar-refractivity contribution in [1.29, 1.82) is 0 Å². The molecule has 0 saturated carbocycles. The molecule has 3 rings (SSSR count). The summed E-state index contributed by atoms with van der Waals surface area (Å²) in [6.07, 6.45) is -8.23. The molecule has 52 heavy (non-hydrogen) atoms. The van der Waals surface area contributed by atoms with Crippen LogP contribution in [0.4, 0.5) is 0 Å². The van der Waals surface area contributed by atoms with Crippen molar-refractivity contribution in [2.24, 2.45) is 40.7 Å². The molecule has 304 valence electrons. The monoisotopic (exact) mass is 746 g/mol. The van der Waals surface area contributed by atoms with Crippen LogP contribution in [0.15, 0.2) is 5.16 Å². The minimum Gasteiger partial charge on any atom is -0.461 e. The maximum Gasteiger partial charge on any atom is 0.311 e. The van der Waals surface area contributed by atoms with Crippen molar-refractivity contribution in [2.45, 2.75) is 174 Å². The standard InChI is InChI=1S/C38H70N2O12/c1-18(2)31-22(6)29(41)21(5)28(39-46)19(3)16-37(10,45)34(52-36-30(42)26(40(12)13)15-20(4)48-36)23(7)32(24(8)35(44)51-31)50-27-17-38(11,47-14)33(43)25(9)49-27/h18-27,29-34,36,41-43,45-46H,15-17H2,1-14H3/b39-28+/t19-,20-,21+,22-,23+,24-,25+,26+,27+,29-,30-,31-,32+,33+,34-,36+,37-,38-/m1/s1. The summed E-state index contributed by atoms with van der Waals surface area (Å²) in [4.78, 5) is 16.2. The second kappa shape index (κ2) is 18.0. The van der Waals surface area contributed by atoms with Crippen LogP contribution in [-0.2, 0) is 33.2 Å². The number of oxime groups is 1. The summed E-state index contributed by atoms with van der Waals surface area (Å²) in [5, 5.41) is 60.5. The van der Waals surface area contributed by atoms with E-state index < -0.39 is 102 Å². The maximum absolute atomic E-state index is 14.2. The van der Waals surface area contributed by atoms with Crippen LogP contribution in [0.25, 0.3) is 0 Å². The fourth-order valence-electron chi connectivity index (χ4n) is 8.80. The number of carbonyl (C=O) groups is 1. The van der Waals surface area contributed by atoms with Gasteiger partial charge in [0.1, 0.15) is 18.3 Å². The molecule has 3 heterocycles. The number of aliphatic hydroxyl groups is 4. The van der Waals surface area contributed by atoms with E-state index in [9.17, 15) is 30.4 Å². The van der Waals surface area contributed by atoms with Gasteiger partial charge < -0.3 is 59.0 Å². The molecule has 0 radical (unpaired) electrons. The van der Waals surface area contributed by atoms with E-state index in [2.05, 4.69) is 5.16 Å². The Labute approximate surface area is 311 Å². The molecule has 14 nitrogen and oxygen atoms in total. The van der Waals surface area contributed by atoms with E-state index in [1.54, 1.807) is 48.5 Å². The Kier molecular flexibility index (Phi) is 15.5. The quantitative estimate of drug-likeness (QED) is 0.145. The van der Waals surface area contributed by atoms with E-state index in [-0.39, 0.29) is 36.6 Å². The summed E-state index contributed by atoms with van der Waals surface area (Å²) >= 11 is 0. The maximum atomic E-state index is 14.2. The molecule has 0 bridgehead atoms. The van der Waals surface area contributed by atoms with Gasteiger partial charge in [-0.3, -0.25) is 4.79 Å².